The Hall–Kier alpha value is -0.770. The monoisotopic (exact) mass is 312 g/mol. The number of benzene rings is 1. The first-order valence-corrected chi connectivity index (χ1v) is 7.86. The van der Waals surface area contributed by atoms with Crippen LogP contribution in [0.2, 0.25) is 10.0 Å². The molecule has 2 saturated heterocycles. The summed E-state index contributed by atoms with van der Waals surface area (Å²) in [4.78, 5) is 14.5. The van der Waals surface area contributed by atoms with Crippen molar-refractivity contribution in [3.05, 3.63) is 33.8 Å². The van der Waals surface area contributed by atoms with Crippen LogP contribution < -0.4 is 5.32 Å². The molecule has 0 radical (unpaired) electrons. The zero-order valence-corrected chi connectivity index (χ0v) is 12.8. The van der Waals surface area contributed by atoms with Crippen LogP contribution in [0.5, 0.6) is 0 Å². The van der Waals surface area contributed by atoms with Crippen LogP contribution in [0.4, 0.5) is 0 Å². The van der Waals surface area contributed by atoms with E-state index in [-0.39, 0.29) is 5.91 Å². The number of nitrogens with zero attached hydrogens (tertiary/aromatic N) is 1. The van der Waals surface area contributed by atoms with Gasteiger partial charge in [-0.3, -0.25) is 4.79 Å². The smallest absolute Gasteiger partial charge is 0.255 e. The quantitative estimate of drug-likeness (QED) is 0.864. The predicted molar refractivity (Wildman–Crippen MR) is 81.4 cm³/mol. The fourth-order valence-corrected chi connectivity index (χ4v) is 3.64. The van der Waals surface area contributed by atoms with Gasteiger partial charge < -0.3 is 10.2 Å². The summed E-state index contributed by atoms with van der Waals surface area (Å²) in [5.74, 6) is 1.43. The summed E-state index contributed by atoms with van der Waals surface area (Å²) in [7, 11) is 0. The Morgan fingerprint density at radius 3 is 2.45 bits per heavy atom. The molecule has 0 unspecified atom stereocenters. The molecule has 2 aliphatic rings. The Kier molecular flexibility index (Phi) is 4.20. The molecule has 2 fully saturated rings. The van der Waals surface area contributed by atoms with Crippen LogP contribution in [0.3, 0.4) is 0 Å². The molecule has 0 saturated carbocycles. The Balaban J connectivity index is 1.75. The average Bonchev–Trinajstić information content (AvgIpc) is 2.80. The van der Waals surface area contributed by atoms with Gasteiger partial charge in [0.15, 0.2) is 0 Å². The van der Waals surface area contributed by atoms with E-state index in [1.807, 2.05) is 4.90 Å². The van der Waals surface area contributed by atoms with Gasteiger partial charge in [-0.25, -0.2) is 0 Å². The fraction of sp³-hybridized carbons (Fsp3) is 0.533. The molecular formula is C15H18Cl2N2O. The Morgan fingerprint density at radius 2 is 1.80 bits per heavy atom. The normalized spacial score (nSPS) is 26.2. The topological polar surface area (TPSA) is 32.3 Å². The lowest BCUT2D eigenvalue weighted by molar-refractivity contribution is 0.0758. The van der Waals surface area contributed by atoms with Gasteiger partial charge >= 0.3 is 0 Å². The Bertz CT molecular complexity index is 507. The highest BCUT2D eigenvalue weighted by atomic mass is 35.5. The number of hydrogen-bond acceptors (Lipinski definition) is 2. The maximum absolute atomic E-state index is 12.6. The molecule has 1 aromatic carbocycles. The van der Waals surface area contributed by atoms with Crippen molar-refractivity contribution in [2.75, 3.05) is 26.2 Å². The van der Waals surface area contributed by atoms with E-state index in [4.69, 9.17) is 23.2 Å². The second kappa shape index (κ2) is 5.92. The third-order valence-corrected chi connectivity index (χ3v) is 5.31. The second-order valence-corrected chi connectivity index (χ2v) is 6.43. The van der Waals surface area contributed by atoms with Crippen molar-refractivity contribution in [2.24, 2.45) is 11.8 Å². The van der Waals surface area contributed by atoms with Crippen molar-refractivity contribution < 1.29 is 4.79 Å². The molecule has 0 bridgehead atoms. The highest BCUT2D eigenvalue weighted by Gasteiger charge is 2.32. The van der Waals surface area contributed by atoms with Crippen molar-refractivity contribution >= 4 is 29.1 Å². The van der Waals surface area contributed by atoms with E-state index >= 15 is 0 Å². The molecule has 0 aliphatic carbocycles. The van der Waals surface area contributed by atoms with Gasteiger partial charge in [-0.1, -0.05) is 29.3 Å². The molecule has 5 heteroatoms. The minimum Gasteiger partial charge on any atom is -0.339 e. The maximum Gasteiger partial charge on any atom is 0.255 e. The number of hydrogen-bond donors (Lipinski definition) is 1. The highest BCUT2D eigenvalue weighted by molar-refractivity contribution is 6.43. The third-order valence-electron chi connectivity index (χ3n) is 4.49. The molecule has 1 amide bonds. The van der Waals surface area contributed by atoms with Crippen molar-refractivity contribution in [2.45, 2.75) is 12.8 Å². The van der Waals surface area contributed by atoms with E-state index in [0.717, 1.165) is 39.0 Å². The molecule has 0 spiro atoms. The fourth-order valence-electron chi connectivity index (χ4n) is 3.26. The summed E-state index contributed by atoms with van der Waals surface area (Å²) in [6, 6.07) is 5.24. The maximum atomic E-state index is 12.6. The van der Waals surface area contributed by atoms with E-state index in [1.165, 1.54) is 0 Å². The number of carbonyl (C=O) groups is 1. The van der Waals surface area contributed by atoms with Crippen molar-refractivity contribution in [3.8, 4) is 0 Å². The molecule has 20 heavy (non-hydrogen) atoms. The van der Waals surface area contributed by atoms with Gasteiger partial charge in [-0.15, -0.1) is 0 Å². The number of nitrogens with one attached hydrogen (secondary N) is 1. The van der Waals surface area contributed by atoms with E-state index in [9.17, 15) is 4.79 Å². The summed E-state index contributed by atoms with van der Waals surface area (Å²) in [5, 5.41) is 4.25. The summed E-state index contributed by atoms with van der Waals surface area (Å²) < 4.78 is 0. The molecule has 0 aromatic heterocycles. The minimum absolute atomic E-state index is 0.00503. The lowest BCUT2D eigenvalue weighted by Crippen LogP contribution is -2.33. The summed E-state index contributed by atoms with van der Waals surface area (Å²) in [6.45, 7) is 3.80. The number of carbonyl (C=O) groups excluding carboxylic acids is 1. The molecule has 1 N–H and O–H groups in total. The first-order valence-electron chi connectivity index (χ1n) is 7.11. The van der Waals surface area contributed by atoms with Crippen LogP contribution in [0.1, 0.15) is 23.2 Å². The number of fused-ring (bicyclic) bond motifs is 1. The molecule has 3 nitrogen and oxygen atoms in total. The summed E-state index contributed by atoms with van der Waals surface area (Å²) in [6.07, 6.45) is 2.14. The van der Waals surface area contributed by atoms with E-state index < -0.39 is 0 Å². The molecular weight excluding hydrogens is 295 g/mol. The predicted octanol–water partition coefficient (Wildman–Crippen LogP) is 3.07. The molecule has 1 aromatic rings. The van der Waals surface area contributed by atoms with Crippen LogP contribution in [0, 0.1) is 11.8 Å². The zero-order valence-electron chi connectivity index (χ0n) is 11.2. The Morgan fingerprint density at radius 1 is 1.15 bits per heavy atom. The summed E-state index contributed by atoms with van der Waals surface area (Å²) in [5.41, 5.74) is 0.518. The van der Waals surface area contributed by atoms with Crippen molar-refractivity contribution in [3.63, 3.8) is 0 Å². The number of amides is 1. The highest BCUT2D eigenvalue weighted by Crippen LogP contribution is 2.30. The van der Waals surface area contributed by atoms with E-state index in [1.54, 1.807) is 18.2 Å². The van der Waals surface area contributed by atoms with E-state index in [2.05, 4.69) is 5.32 Å². The van der Waals surface area contributed by atoms with Gasteiger partial charge in [0.1, 0.15) is 0 Å². The zero-order chi connectivity index (χ0) is 14.1. The van der Waals surface area contributed by atoms with Gasteiger partial charge in [-0.2, -0.15) is 0 Å². The van der Waals surface area contributed by atoms with Crippen LogP contribution in [0.15, 0.2) is 18.2 Å². The van der Waals surface area contributed by atoms with Crippen molar-refractivity contribution in [1.82, 2.24) is 10.2 Å². The van der Waals surface area contributed by atoms with Gasteiger partial charge in [0, 0.05) is 13.1 Å². The Labute approximate surface area is 129 Å². The standard InChI is InChI=1S/C15H18Cl2N2O/c16-13-3-1-2-12(14(13)17)15(20)19-6-4-10-8-18-9-11(10)5-7-19/h1-3,10-11,18H,4-9H2/t10-,11+. The number of rotatable bonds is 1. The van der Waals surface area contributed by atoms with Crippen molar-refractivity contribution in [1.29, 1.82) is 0 Å². The SMILES string of the molecule is O=C(c1cccc(Cl)c1Cl)N1CC[C@@H]2CNC[C@@H]2CC1. The lowest BCUT2D eigenvalue weighted by atomic mass is 9.92. The molecule has 2 aliphatic heterocycles. The largest absolute Gasteiger partial charge is 0.339 e. The molecule has 2 atom stereocenters. The van der Waals surface area contributed by atoms with Crippen LogP contribution in [0.25, 0.3) is 0 Å². The average molecular weight is 313 g/mol. The van der Waals surface area contributed by atoms with Crippen LogP contribution >= 0.6 is 23.2 Å². The molecule has 2 heterocycles. The van der Waals surface area contributed by atoms with Gasteiger partial charge in [0.2, 0.25) is 0 Å². The van der Waals surface area contributed by atoms with Crippen LogP contribution in [-0.2, 0) is 0 Å². The lowest BCUT2D eigenvalue weighted by Gasteiger charge is -2.21. The minimum atomic E-state index is 0.00503. The number of halogens is 2. The summed E-state index contributed by atoms with van der Waals surface area (Å²) >= 11 is 12.2. The first-order chi connectivity index (χ1) is 9.66. The van der Waals surface area contributed by atoms with Crippen LogP contribution in [-0.4, -0.2) is 37.0 Å². The van der Waals surface area contributed by atoms with Gasteiger partial charge in [0.25, 0.3) is 5.91 Å². The van der Waals surface area contributed by atoms with Gasteiger partial charge in [-0.05, 0) is 49.9 Å². The second-order valence-electron chi connectivity index (χ2n) is 5.65. The first kappa shape index (κ1) is 14.2. The molecule has 108 valence electrons. The molecule has 3 rings (SSSR count). The third kappa shape index (κ3) is 2.67. The van der Waals surface area contributed by atoms with E-state index in [0.29, 0.717) is 27.4 Å². The number of likely N-dealkylation sites (tertiary alicyclic amines) is 1. The van der Waals surface area contributed by atoms with Gasteiger partial charge in [0.05, 0.1) is 15.6 Å².